The second-order valence-corrected chi connectivity index (χ2v) is 7.28. The van der Waals surface area contributed by atoms with Crippen LogP contribution in [0.25, 0.3) is 0 Å². The number of rotatable bonds is 6. The number of likely N-dealkylation sites (N-methyl/N-ethyl adjacent to an activating group) is 2. The molecule has 2 fully saturated rings. The Morgan fingerprint density at radius 3 is 2.73 bits per heavy atom. The number of H-pyrrole nitrogens is 1. The number of amides is 2. The number of hydrogen-bond acceptors (Lipinski definition) is 5. The van der Waals surface area contributed by atoms with Crippen LogP contribution in [-0.2, 0) is 20.8 Å². The Morgan fingerprint density at radius 2 is 2.12 bits per heavy atom. The Bertz CT molecular complexity index is 660. The van der Waals surface area contributed by atoms with Crippen LogP contribution in [0.3, 0.4) is 0 Å². The summed E-state index contributed by atoms with van der Waals surface area (Å²) in [6.07, 6.45) is 7.44. The molecule has 8 nitrogen and oxygen atoms in total. The molecule has 3 atom stereocenters. The average molecular weight is 361 g/mol. The van der Waals surface area contributed by atoms with E-state index in [4.69, 9.17) is 0 Å². The quantitative estimate of drug-likeness (QED) is 0.749. The third kappa shape index (κ3) is 3.95. The third-order valence-electron chi connectivity index (χ3n) is 5.52. The van der Waals surface area contributed by atoms with Gasteiger partial charge in [0, 0.05) is 26.1 Å². The molecular weight excluding hydrogens is 334 g/mol. The second kappa shape index (κ2) is 7.99. The molecule has 2 aliphatic heterocycles. The van der Waals surface area contributed by atoms with Gasteiger partial charge >= 0.3 is 0 Å². The van der Waals surface area contributed by atoms with E-state index >= 15 is 0 Å². The fourth-order valence-corrected chi connectivity index (χ4v) is 3.88. The van der Waals surface area contributed by atoms with E-state index in [0.29, 0.717) is 19.3 Å². The second-order valence-electron chi connectivity index (χ2n) is 7.28. The van der Waals surface area contributed by atoms with Crippen molar-refractivity contribution in [2.45, 2.75) is 56.7 Å². The van der Waals surface area contributed by atoms with Crippen molar-refractivity contribution in [2.24, 2.45) is 0 Å². The van der Waals surface area contributed by atoms with Crippen molar-refractivity contribution < 1.29 is 14.4 Å². The number of carbonyl (C=O) groups is 3. The highest BCUT2D eigenvalue weighted by atomic mass is 16.2. The number of nitrogens with one attached hydrogen (secondary N) is 2. The molecule has 2 N–H and O–H groups in total. The van der Waals surface area contributed by atoms with Gasteiger partial charge in [-0.05, 0) is 32.9 Å². The third-order valence-corrected chi connectivity index (χ3v) is 5.52. The molecule has 1 aromatic rings. The van der Waals surface area contributed by atoms with Crippen LogP contribution in [0.4, 0.5) is 0 Å². The van der Waals surface area contributed by atoms with Gasteiger partial charge in [0.1, 0.15) is 6.04 Å². The predicted octanol–water partition coefficient (Wildman–Crippen LogP) is 0.111. The first-order chi connectivity index (χ1) is 12.5. The number of ketones is 1. The highest BCUT2D eigenvalue weighted by Crippen LogP contribution is 2.20. The van der Waals surface area contributed by atoms with Gasteiger partial charge in [-0.25, -0.2) is 4.98 Å². The number of aromatic amines is 1. The fourth-order valence-electron chi connectivity index (χ4n) is 3.88. The minimum Gasteiger partial charge on any atom is -0.351 e. The fraction of sp³-hybridized carbons (Fsp3) is 0.667. The van der Waals surface area contributed by atoms with Crippen molar-refractivity contribution in [3.05, 3.63) is 18.2 Å². The van der Waals surface area contributed by atoms with E-state index in [-0.39, 0.29) is 23.6 Å². The molecule has 0 saturated carbocycles. The van der Waals surface area contributed by atoms with E-state index in [1.165, 1.54) is 4.90 Å². The summed E-state index contributed by atoms with van der Waals surface area (Å²) in [5.74, 6) is -0.270. The molecular formula is C18H27N5O3. The molecule has 26 heavy (non-hydrogen) atoms. The molecule has 0 spiro atoms. The molecule has 0 radical (unpaired) electrons. The molecule has 2 saturated heterocycles. The maximum atomic E-state index is 13.2. The van der Waals surface area contributed by atoms with Gasteiger partial charge in [-0.2, -0.15) is 0 Å². The van der Waals surface area contributed by atoms with Crippen LogP contribution in [0.5, 0.6) is 0 Å². The molecule has 2 amide bonds. The van der Waals surface area contributed by atoms with E-state index in [0.717, 1.165) is 31.5 Å². The maximum absolute atomic E-state index is 13.2. The van der Waals surface area contributed by atoms with Gasteiger partial charge < -0.3 is 15.2 Å². The largest absolute Gasteiger partial charge is 0.351 e. The Labute approximate surface area is 153 Å². The number of carbonyl (C=O) groups excluding carboxylic acids is 3. The highest BCUT2D eigenvalue weighted by molar-refractivity contribution is 5.96. The molecule has 0 aromatic carbocycles. The summed E-state index contributed by atoms with van der Waals surface area (Å²) in [6.45, 7) is 0.888. The zero-order valence-electron chi connectivity index (χ0n) is 15.4. The van der Waals surface area contributed by atoms with Crippen LogP contribution < -0.4 is 5.32 Å². The number of imidazole rings is 1. The Hall–Kier alpha value is -2.22. The summed E-state index contributed by atoms with van der Waals surface area (Å²) in [6, 6.07) is -1.32. The monoisotopic (exact) mass is 361 g/mol. The van der Waals surface area contributed by atoms with Crippen LogP contribution >= 0.6 is 0 Å². The van der Waals surface area contributed by atoms with E-state index in [1.54, 1.807) is 19.6 Å². The smallest absolute Gasteiger partial charge is 0.243 e. The summed E-state index contributed by atoms with van der Waals surface area (Å²) in [4.78, 5) is 48.2. The molecule has 3 heterocycles. The minimum absolute atomic E-state index is 0.0236. The minimum atomic E-state index is -0.638. The zero-order chi connectivity index (χ0) is 18.7. The normalized spacial score (nSPS) is 25.3. The lowest BCUT2D eigenvalue weighted by molar-refractivity contribution is -0.136. The van der Waals surface area contributed by atoms with Crippen molar-refractivity contribution in [3.63, 3.8) is 0 Å². The first kappa shape index (κ1) is 18.6. The van der Waals surface area contributed by atoms with Crippen LogP contribution in [0, 0.1) is 0 Å². The first-order valence-electron chi connectivity index (χ1n) is 9.25. The van der Waals surface area contributed by atoms with Gasteiger partial charge in [0.05, 0.1) is 24.1 Å². The van der Waals surface area contributed by atoms with Crippen molar-refractivity contribution >= 4 is 17.6 Å². The van der Waals surface area contributed by atoms with Gasteiger partial charge in [0.15, 0.2) is 5.78 Å². The molecule has 2 unspecified atom stereocenters. The molecule has 8 heteroatoms. The Kier molecular flexibility index (Phi) is 5.70. The van der Waals surface area contributed by atoms with E-state index in [1.807, 2.05) is 7.05 Å². The zero-order valence-corrected chi connectivity index (χ0v) is 15.4. The van der Waals surface area contributed by atoms with Gasteiger partial charge in [-0.3, -0.25) is 19.3 Å². The number of nitrogens with zero attached hydrogens (tertiary/aromatic N) is 3. The van der Waals surface area contributed by atoms with E-state index in [2.05, 4.69) is 20.2 Å². The van der Waals surface area contributed by atoms with Crippen LogP contribution in [-0.4, -0.2) is 76.1 Å². The molecule has 3 rings (SSSR count). The van der Waals surface area contributed by atoms with Crippen LogP contribution in [0.15, 0.2) is 12.5 Å². The van der Waals surface area contributed by atoms with Gasteiger partial charge in [0.25, 0.3) is 0 Å². The summed E-state index contributed by atoms with van der Waals surface area (Å²) >= 11 is 0. The lowest BCUT2D eigenvalue weighted by Gasteiger charge is -2.34. The number of likely N-dealkylation sites (tertiary alicyclic amines) is 2. The maximum Gasteiger partial charge on any atom is 0.243 e. The molecule has 142 valence electrons. The van der Waals surface area contributed by atoms with E-state index in [9.17, 15) is 14.4 Å². The Morgan fingerprint density at radius 1 is 1.31 bits per heavy atom. The SMILES string of the molecule is CN1CCCCC1C(=O)C(Cc1c[nH]cn1)NC(=O)[C@@H]1CCC(=O)N1C. The van der Waals surface area contributed by atoms with Crippen molar-refractivity contribution in [3.8, 4) is 0 Å². The van der Waals surface area contributed by atoms with Crippen molar-refractivity contribution in [1.29, 1.82) is 0 Å². The number of piperidine rings is 1. The number of Topliss-reactive ketones (excluding diaryl/α,β-unsaturated/α-hetero) is 1. The van der Waals surface area contributed by atoms with Crippen molar-refractivity contribution in [1.82, 2.24) is 25.1 Å². The number of aromatic nitrogens is 2. The Balaban J connectivity index is 1.73. The first-order valence-corrected chi connectivity index (χ1v) is 9.25. The summed E-state index contributed by atoms with van der Waals surface area (Å²) in [5, 5.41) is 2.90. The topological polar surface area (TPSA) is 98.4 Å². The van der Waals surface area contributed by atoms with Crippen LogP contribution in [0.1, 0.15) is 37.8 Å². The predicted molar refractivity (Wildman–Crippen MR) is 95.3 cm³/mol. The summed E-state index contributed by atoms with van der Waals surface area (Å²) < 4.78 is 0. The van der Waals surface area contributed by atoms with Gasteiger partial charge in [0.2, 0.25) is 11.8 Å². The lowest BCUT2D eigenvalue weighted by atomic mass is 9.93. The summed E-state index contributed by atoms with van der Waals surface area (Å²) in [5.41, 5.74) is 0.734. The van der Waals surface area contributed by atoms with Crippen molar-refractivity contribution in [2.75, 3.05) is 20.6 Å². The molecule has 1 aromatic heterocycles. The average Bonchev–Trinajstić information content (AvgIpc) is 3.25. The van der Waals surface area contributed by atoms with E-state index < -0.39 is 12.1 Å². The highest BCUT2D eigenvalue weighted by Gasteiger charge is 2.37. The van der Waals surface area contributed by atoms with Gasteiger partial charge in [-0.15, -0.1) is 0 Å². The number of hydrogen-bond donors (Lipinski definition) is 2. The lowest BCUT2D eigenvalue weighted by Crippen LogP contribution is -2.55. The van der Waals surface area contributed by atoms with Gasteiger partial charge in [-0.1, -0.05) is 6.42 Å². The standard InChI is InChI=1S/C18H27N5O3/c1-22-8-4-3-5-14(22)17(25)13(9-12-10-19-11-20-12)21-18(26)15-6-7-16(24)23(15)2/h10-11,13-15H,3-9H2,1-2H3,(H,19,20)(H,21,26)/t13?,14?,15-/m0/s1. The molecule has 0 bridgehead atoms. The molecule has 0 aliphatic carbocycles. The molecule has 2 aliphatic rings. The summed E-state index contributed by atoms with van der Waals surface area (Å²) in [7, 11) is 3.59. The van der Waals surface area contributed by atoms with Crippen LogP contribution in [0.2, 0.25) is 0 Å².